The number of aromatic nitrogens is 1. The lowest BCUT2D eigenvalue weighted by Gasteiger charge is -2.12. The zero-order valence-electron chi connectivity index (χ0n) is 14.9. The average Bonchev–Trinajstić information content (AvgIpc) is 2.96. The Labute approximate surface area is 162 Å². The Hall–Kier alpha value is -3.68. The molecule has 0 fully saturated rings. The summed E-state index contributed by atoms with van der Waals surface area (Å²) >= 11 is 0. The van der Waals surface area contributed by atoms with Gasteiger partial charge in [-0.1, -0.05) is 24.3 Å². The third-order valence-corrected chi connectivity index (χ3v) is 4.63. The second-order valence-corrected chi connectivity index (χ2v) is 6.52. The van der Waals surface area contributed by atoms with Crippen molar-refractivity contribution in [3.8, 4) is 11.5 Å². The van der Waals surface area contributed by atoms with E-state index in [1.165, 1.54) is 24.3 Å². The quantitative estimate of drug-likeness (QED) is 0.528. The van der Waals surface area contributed by atoms with Crippen LogP contribution in [-0.2, 0) is 6.54 Å². The molecule has 0 saturated carbocycles. The molecule has 0 aliphatic rings. The highest BCUT2D eigenvalue weighted by Gasteiger charge is 2.31. The van der Waals surface area contributed by atoms with Gasteiger partial charge >= 0.3 is 6.36 Å². The maximum absolute atomic E-state index is 12.5. The summed E-state index contributed by atoms with van der Waals surface area (Å²) in [6.45, 7) is 0.195. The Morgan fingerprint density at radius 2 is 1.66 bits per heavy atom. The van der Waals surface area contributed by atoms with Crippen LogP contribution in [0.5, 0.6) is 11.5 Å². The molecule has 3 aromatic carbocycles. The van der Waals surface area contributed by atoms with E-state index in [4.69, 9.17) is 5.73 Å². The predicted molar refractivity (Wildman–Crippen MR) is 102 cm³/mol. The molecule has 0 unspecified atom stereocenters. The van der Waals surface area contributed by atoms with E-state index >= 15 is 0 Å². The molecule has 4 aromatic rings. The van der Waals surface area contributed by atoms with Gasteiger partial charge in [0.2, 0.25) is 5.91 Å². The van der Waals surface area contributed by atoms with E-state index in [0.717, 1.165) is 0 Å². The third-order valence-electron chi connectivity index (χ3n) is 4.63. The van der Waals surface area contributed by atoms with Gasteiger partial charge in [0.25, 0.3) is 0 Å². The number of primary amides is 1. The predicted octanol–water partition coefficient (Wildman–Crippen LogP) is 4.55. The number of fused-ring (bicyclic) bond motifs is 3. The van der Waals surface area contributed by atoms with Crippen molar-refractivity contribution in [1.29, 1.82) is 0 Å². The van der Waals surface area contributed by atoms with Crippen LogP contribution in [0.25, 0.3) is 21.8 Å². The number of carbonyl (C=O) groups is 1. The van der Waals surface area contributed by atoms with Crippen LogP contribution in [0.15, 0.2) is 60.7 Å². The molecule has 1 amide bonds. The number of benzene rings is 3. The minimum Gasteiger partial charge on any atom is -0.507 e. The summed E-state index contributed by atoms with van der Waals surface area (Å²) < 4.78 is 43.4. The number of carbonyl (C=O) groups excluding carboxylic acids is 1. The third kappa shape index (κ3) is 3.44. The van der Waals surface area contributed by atoms with Crippen LogP contribution in [0.2, 0.25) is 0 Å². The molecule has 0 bridgehead atoms. The number of ether oxygens (including phenoxy) is 1. The van der Waals surface area contributed by atoms with Crippen LogP contribution in [0.3, 0.4) is 0 Å². The molecule has 0 spiro atoms. The van der Waals surface area contributed by atoms with Crippen LogP contribution in [0.1, 0.15) is 15.9 Å². The van der Waals surface area contributed by atoms with Crippen molar-refractivity contribution >= 4 is 27.7 Å². The largest absolute Gasteiger partial charge is 0.573 e. The van der Waals surface area contributed by atoms with Gasteiger partial charge in [-0.05, 0) is 42.0 Å². The fraction of sp³-hybridized carbons (Fsp3) is 0.0952. The number of halogens is 3. The van der Waals surface area contributed by atoms with Gasteiger partial charge in [0.05, 0.1) is 16.4 Å². The topological polar surface area (TPSA) is 77.5 Å². The summed E-state index contributed by atoms with van der Waals surface area (Å²) in [6.07, 6.45) is -4.78. The Morgan fingerprint density at radius 3 is 2.34 bits per heavy atom. The van der Waals surface area contributed by atoms with Gasteiger partial charge in [-0.25, -0.2) is 0 Å². The van der Waals surface area contributed by atoms with Crippen molar-refractivity contribution < 1.29 is 27.8 Å². The maximum atomic E-state index is 12.5. The molecule has 29 heavy (non-hydrogen) atoms. The minimum atomic E-state index is -4.78. The van der Waals surface area contributed by atoms with Crippen molar-refractivity contribution in [2.45, 2.75) is 12.9 Å². The van der Waals surface area contributed by atoms with Gasteiger partial charge in [0.1, 0.15) is 11.5 Å². The first-order chi connectivity index (χ1) is 13.7. The second-order valence-electron chi connectivity index (χ2n) is 6.52. The number of alkyl halides is 3. The zero-order valence-corrected chi connectivity index (χ0v) is 14.9. The van der Waals surface area contributed by atoms with E-state index in [-0.39, 0.29) is 23.6 Å². The number of nitrogens with two attached hydrogens (primary N) is 1. The minimum absolute atomic E-state index is 0.0193. The van der Waals surface area contributed by atoms with E-state index in [9.17, 15) is 23.1 Å². The van der Waals surface area contributed by atoms with E-state index in [2.05, 4.69) is 4.74 Å². The summed E-state index contributed by atoms with van der Waals surface area (Å²) in [4.78, 5) is 11.9. The lowest BCUT2D eigenvalue weighted by Crippen LogP contribution is -2.17. The van der Waals surface area contributed by atoms with E-state index in [1.54, 1.807) is 36.4 Å². The van der Waals surface area contributed by atoms with Crippen molar-refractivity contribution in [2.75, 3.05) is 0 Å². The van der Waals surface area contributed by atoms with Crippen molar-refractivity contribution in [3.63, 3.8) is 0 Å². The van der Waals surface area contributed by atoms with E-state index in [0.29, 0.717) is 27.4 Å². The fourth-order valence-corrected chi connectivity index (χ4v) is 3.57. The molecule has 4 rings (SSSR count). The summed E-state index contributed by atoms with van der Waals surface area (Å²) in [5, 5.41) is 11.4. The van der Waals surface area contributed by atoms with Gasteiger partial charge in [-0.15, -0.1) is 13.2 Å². The highest BCUT2D eigenvalue weighted by molar-refractivity contribution is 6.19. The van der Waals surface area contributed by atoms with Crippen LogP contribution in [0.4, 0.5) is 13.2 Å². The molecule has 1 heterocycles. The zero-order chi connectivity index (χ0) is 20.8. The number of hydrogen-bond donors (Lipinski definition) is 2. The second kappa shape index (κ2) is 6.73. The monoisotopic (exact) mass is 400 g/mol. The molecule has 0 aliphatic carbocycles. The smallest absolute Gasteiger partial charge is 0.507 e. The van der Waals surface area contributed by atoms with Gasteiger partial charge in [0.15, 0.2) is 0 Å². The number of phenols is 1. The molecule has 8 heteroatoms. The van der Waals surface area contributed by atoms with Gasteiger partial charge in [-0.3, -0.25) is 4.79 Å². The number of phenolic OH excluding ortho intramolecular Hbond substituents is 1. The van der Waals surface area contributed by atoms with Gasteiger partial charge in [0, 0.05) is 17.5 Å². The maximum Gasteiger partial charge on any atom is 0.573 e. The van der Waals surface area contributed by atoms with Gasteiger partial charge < -0.3 is 20.1 Å². The first kappa shape index (κ1) is 18.7. The summed E-state index contributed by atoms with van der Waals surface area (Å²) in [5.41, 5.74) is 7.56. The average molecular weight is 400 g/mol. The number of nitrogens with zero attached hydrogens (tertiary/aromatic N) is 1. The number of rotatable bonds is 4. The normalized spacial score (nSPS) is 11.8. The Bertz CT molecular complexity index is 1250. The molecule has 0 atom stereocenters. The van der Waals surface area contributed by atoms with Crippen LogP contribution < -0.4 is 10.5 Å². The SMILES string of the molecule is NC(=O)c1cccc2c1c1c(O)cccc1n2Cc1cccc(OC(F)(F)F)c1. The highest BCUT2D eigenvalue weighted by atomic mass is 19.4. The molecule has 0 radical (unpaired) electrons. The summed E-state index contributed by atoms with van der Waals surface area (Å²) in [5.74, 6) is -0.982. The first-order valence-electron chi connectivity index (χ1n) is 8.62. The van der Waals surface area contributed by atoms with Crippen LogP contribution in [-0.4, -0.2) is 21.9 Å². The standard InChI is InChI=1S/C21H15F3N2O3/c22-21(23,24)29-13-5-1-4-12(10-13)11-26-15-7-2-6-14(20(25)28)18(15)19-16(26)8-3-9-17(19)27/h1-10,27H,11H2,(H2,25,28). The molecular weight excluding hydrogens is 385 g/mol. The van der Waals surface area contributed by atoms with E-state index in [1.807, 2.05) is 4.57 Å². The molecule has 0 aliphatic heterocycles. The van der Waals surface area contributed by atoms with E-state index < -0.39 is 12.3 Å². The van der Waals surface area contributed by atoms with Crippen molar-refractivity contribution in [1.82, 2.24) is 4.57 Å². The Kier molecular flexibility index (Phi) is 4.34. The Balaban J connectivity index is 1.91. The molecule has 0 saturated heterocycles. The fourth-order valence-electron chi connectivity index (χ4n) is 3.57. The number of aromatic hydroxyl groups is 1. The summed E-state index contributed by atoms with van der Waals surface area (Å²) in [6, 6.07) is 15.6. The highest BCUT2D eigenvalue weighted by Crippen LogP contribution is 2.37. The number of hydrogen-bond acceptors (Lipinski definition) is 3. The lowest BCUT2D eigenvalue weighted by molar-refractivity contribution is -0.274. The first-order valence-corrected chi connectivity index (χ1v) is 8.62. The van der Waals surface area contributed by atoms with Crippen LogP contribution in [0, 0.1) is 0 Å². The van der Waals surface area contributed by atoms with Crippen LogP contribution >= 0.6 is 0 Å². The lowest BCUT2D eigenvalue weighted by atomic mass is 10.1. The number of amides is 1. The molecule has 3 N–H and O–H groups in total. The van der Waals surface area contributed by atoms with Crippen molar-refractivity contribution in [3.05, 3.63) is 71.8 Å². The molecule has 5 nitrogen and oxygen atoms in total. The molecule has 1 aromatic heterocycles. The van der Waals surface area contributed by atoms with Crippen molar-refractivity contribution in [2.24, 2.45) is 5.73 Å². The molecule has 148 valence electrons. The van der Waals surface area contributed by atoms with Gasteiger partial charge in [-0.2, -0.15) is 0 Å². The Morgan fingerprint density at radius 1 is 1.00 bits per heavy atom. The molecular formula is C21H15F3N2O3. The summed E-state index contributed by atoms with van der Waals surface area (Å²) in [7, 11) is 0.